The number of likely N-dealkylation sites (tertiary alicyclic amines) is 1. The van der Waals surface area contributed by atoms with E-state index in [4.69, 9.17) is 5.73 Å². The molecular weight excluding hydrogens is 369 g/mol. The smallest absolute Gasteiger partial charge is 0.382 e. The molecule has 0 radical (unpaired) electrons. The summed E-state index contributed by atoms with van der Waals surface area (Å²) in [5.41, 5.74) is 7.91. The van der Waals surface area contributed by atoms with E-state index in [0.717, 1.165) is 37.0 Å². The van der Waals surface area contributed by atoms with Crippen molar-refractivity contribution < 1.29 is 13.2 Å². The number of anilines is 2. The van der Waals surface area contributed by atoms with Gasteiger partial charge >= 0.3 is 6.18 Å². The SMILES string of the molecule is CN1CCC(Nc2cccc3c2cc(-c2cc(N)n[nH]2)n3CC(F)(F)F)CC1. The van der Waals surface area contributed by atoms with Crippen LogP contribution in [0.3, 0.4) is 0 Å². The Morgan fingerprint density at radius 1 is 1.25 bits per heavy atom. The zero-order valence-electron chi connectivity index (χ0n) is 15.6. The van der Waals surface area contributed by atoms with Crippen molar-refractivity contribution in [1.29, 1.82) is 0 Å². The Kier molecular flexibility index (Phi) is 4.70. The van der Waals surface area contributed by atoms with Gasteiger partial charge in [0.15, 0.2) is 0 Å². The normalized spacial score (nSPS) is 16.7. The van der Waals surface area contributed by atoms with Crippen LogP contribution in [-0.4, -0.2) is 52.0 Å². The van der Waals surface area contributed by atoms with Gasteiger partial charge in [-0.1, -0.05) is 6.07 Å². The Morgan fingerprint density at radius 3 is 2.64 bits per heavy atom. The van der Waals surface area contributed by atoms with Crippen LogP contribution >= 0.6 is 0 Å². The molecule has 1 fully saturated rings. The molecule has 0 saturated carbocycles. The van der Waals surface area contributed by atoms with Gasteiger partial charge < -0.3 is 20.5 Å². The maximum absolute atomic E-state index is 13.3. The average Bonchev–Trinajstić information content (AvgIpc) is 3.20. The summed E-state index contributed by atoms with van der Waals surface area (Å²) in [6.07, 6.45) is -2.34. The van der Waals surface area contributed by atoms with E-state index >= 15 is 0 Å². The lowest BCUT2D eigenvalue weighted by atomic mass is 10.0. The van der Waals surface area contributed by atoms with Gasteiger partial charge in [-0.3, -0.25) is 5.10 Å². The van der Waals surface area contributed by atoms with E-state index in [-0.39, 0.29) is 5.82 Å². The number of benzene rings is 1. The molecule has 6 nitrogen and oxygen atoms in total. The maximum atomic E-state index is 13.3. The third kappa shape index (κ3) is 3.80. The summed E-state index contributed by atoms with van der Waals surface area (Å²) in [5.74, 6) is 0.239. The number of hydrogen-bond acceptors (Lipinski definition) is 4. The molecule has 0 bridgehead atoms. The fourth-order valence-corrected chi connectivity index (χ4v) is 3.82. The van der Waals surface area contributed by atoms with Gasteiger partial charge in [-0.15, -0.1) is 0 Å². The van der Waals surface area contributed by atoms with Crippen LogP contribution in [-0.2, 0) is 6.54 Å². The second kappa shape index (κ2) is 7.05. The number of aromatic nitrogens is 3. The van der Waals surface area contributed by atoms with E-state index in [2.05, 4.69) is 27.5 Å². The van der Waals surface area contributed by atoms with E-state index in [0.29, 0.717) is 22.9 Å². The van der Waals surface area contributed by atoms with E-state index in [9.17, 15) is 13.2 Å². The van der Waals surface area contributed by atoms with Crippen LogP contribution in [0.4, 0.5) is 24.7 Å². The number of rotatable bonds is 4. The molecule has 3 aromatic rings. The minimum atomic E-state index is -4.34. The van der Waals surface area contributed by atoms with Gasteiger partial charge in [0.1, 0.15) is 12.4 Å². The molecule has 4 N–H and O–H groups in total. The lowest BCUT2D eigenvalue weighted by molar-refractivity contribution is -0.139. The molecule has 0 spiro atoms. The van der Waals surface area contributed by atoms with Gasteiger partial charge in [-0.2, -0.15) is 18.3 Å². The first-order chi connectivity index (χ1) is 13.3. The molecule has 0 amide bonds. The Morgan fingerprint density at radius 2 is 2.00 bits per heavy atom. The van der Waals surface area contributed by atoms with Crippen molar-refractivity contribution in [2.75, 3.05) is 31.2 Å². The van der Waals surface area contributed by atoms with Crippen LogP contribution < -0.4 is 11.1 Å². The molecule has 1 aliphatic rings. The summed E-state index contributed by atoms with van der Waals surface area (Å²) in [6.45, 7) is 0.922. The highest BCUT2D eigenvalue weighted by Crippen LogP contribution is 2.35. The quantitative estimate of drug-likeness (QED) is 0.633. The molecule has 150 valence electrons. The number of fused-ring (bicyclic) bond motifs is 1. The predicted octanol–water partition coefficient (Wildman–Crippen LogP) is 3.68. The third-order valence-electron chi connectivity index (χ3n) is 5.23. The zero-order chi connectivity index (χ0) is 19.9. The molecule has 0 atom stereocenters. The summed E-state index contributed by atoms with van der Waals surface area (Å²) in [7, 11) is 2.09. The highest BCUT2D eigenvalue weighted by Gasteiger charge is 2.31. The van der Waals surface area contributed by atoms with Gasteiger partial charge in [-0.25, -0.2) is 0 Å². The summed E-state index contributed by atoms with van der Waals surface area (Å²) in [6, 6.07) is 9.04. The number of nitrogens with one attached hydrogen (secondary N) is 2. The first-order valence-corrected chi connectivity index (χ1v) is 9.25. The largest absolute Gasteiger partial charge is 0.406 e. The second-order valence-corrected chi connectivity index (χ2v) is 7.40. The molecular formula is C19H23F3N6. The first-order valence-electron chi connectivity index (χ1n) is 9.25. The molecule has 1 aliphatic heterocycles. The number of piperidine rings is 1. The van der Waals surface area contributed by atoms with Crippen molar-refractivity contribution in [2.24, 2.45) is 0 Å². The maximum Gasteiger partial charge on any atom is 0.406 e. The molecule has 1 aromatic carbocycles. The standard InChI is InChI=1S/C19H23F3N6/c1-27-7-5-12(6-8-27)24-14-3-2-4-16-13(14)9-17(15-10-18(23)26-25-15)28(16)11-19(20,21)22/h2-4,9-10,12,24H,5-8,11H2,1H3,(H3,23,25,26). The average molecular weight is 392 g/mol. The van der Waals surface area contributed by atoms with Gasteiger partial charge in [0.05, 0.1) is 16.9 Å². The van der Waals surface area contributed by atoms with E-state index < -0.39 is 12.7 Å². The molecule has 3 heterocycles. The van der Waals surface area contributed by atoms with E-state index in [1.54, 1.807) is 24.3 Å². The summed E-state index contributed by atoms with van der Waals surface area (Å²) in [4.78, 5) is 2.28. The summed E-state index contributed by atoms with van der Waals surface area (Å²) < 4.78 is 41.1. The van der Waals surface area contributed by atoms with Crippen molar-refractivity contribution in [2.45, 2.75) is 31.6 Å². The highest BCUT2D eigenvalue weighted by molar-refractivity contribution is 5.96. The number of nitrogens with two attached hydrogens (primary N) is 1. The molecule has 4 rings (SSSR count). The Labute approximate surface area is 160 Å². The number of hydrogen-bond donors (Lipinski definition) is 3. The highest BCUT2D eigenvalue weighted by atomic mass is 19.4. The number of alkyl halides is 3. The third-order valence-corrected chi connectivity index (χ3v) is 5.23. The minimum Gasteiger partial charge on any atom is -0.382 e. The van der Waals surface area contributed by atoms with Crippen molar-refractivity contribution in [3.8, 4) is 11.4 Å². The Bertz CT molecular complexity index is 966. The molecule has 0 aliphatic carbocycles. The van der Waals surface area contributed by atoms with Crippen molar-refractivity contribution >= 4 is 22.4 Å². The molecule has 9 heteroatoms. The fraction of sp³-hybridized carbons (Fsp3) is 0.421. The first kappa shape index (κ1) is 18.7. The molecule has 0 unspecified atom stereocenters. The molecule has 28 heavy (non-hydrogen) atoms. The molecule has 2 aromatic heterocycles. The van der Waals surface area contributed by atoms with Gasteiger partial charge in [0.2, 0.25) is 0 Å². The van der Waals surface area contributed by atoms with Crippen LogP contribution in [0.2, 0.25) is 0 Å². The number of H-pyrrole nitrogens is 1. The fourth-order valence-electron chi connectivity index (χ4n) is 3.82. The number of halogens is 3. The predicted molar refractivity (Wildman–Crippen MR) is 104 cm³/mol. The second-order valence-electron chi connectivity index (χ2n) is 7.40. The summed E-state index contributed by atoms with van der Waals surface area (Å²) >= 11 is 0. The van der Waals surface area contributed by atoms with E-state index in [1.807, 2.05) is 6.07 Å². The Balaban J connectivity index is 1.76. The lowest BCUT2D eigenvalue weighted by Gasteiger charge is -2.30. The van der Waals surface area contributed by atoms with Gasteiger partial charge in [-0.05, 0) is 51.2 Å². The van der Waals surface area contributed by atoms with Crippen LogP contribution in [0.15, 0.2) is 30.3 Å². The number of aromatic amines is 1. The number of nitrogens with zero attached hydrogens (tertiary/aromatic N) is 3. The summed E-state index contributed by atoms with van der Waals surface area (Å²) in [5, 5.41) is 10.9. The van der Waals surface area contributed by atoms with Crippen LogP contribution in [0, 0.1) is 0 Å². The zero-order valence-corrected chi connectivity index (χ0v) is 15.6. The number of nitrogen functional groups attached to an aromatic ring is 1. The lowest BCUT2D eigenvalue weighted by Crippen LogP contribution is -2.36. The van der Waals surface area contributed by atoms with Crippen LogP contribution in [0.5, 0.6) is 0 Å². The van der Waals surface area contributed by atoms with Crippen molar-refractivity contribution in [1.82, 2.24) is 19.7 Å². The monoisotopic (exact) mass is 392 g/mol. The van der Waals surface area contributed by atoms with Crippen LogP contribution in [0.1, 0.15) is 12.8 Å². The van der Waals surface area contributed by atoms with Crippen molar-refractivity contribution in [3.05, 3.63) is 30.3 Å². The van der Waals surface area contributed by atoms with Crippen molar-refractivity contribution in [3.63, 3.8) is 0 Å². The topological polar surface area (TPSA) is 74.9 Å². The van der Waals surface area contributed by atoms with Crippen LogP contribution in [0.25, 0.3) is 22.3 Å². The Hall–Kier alpha value is -2.68. The minimum absolute atomic E-state index is 0.239. The molecule has 1 saturated heterocycles. The van der Waals surface area contributed by atoms with E-state index in [1.165, 1.54) is 4.57 Å². The van der Waals surface area contributed by atoms with Gasteiger partial charge in [0, 0.05) is 23.2 Å². The van der Waals surface area contributed by atoms with Gasteiger partial charge in [0.25, 0.3) is 0 Å².